The zero-order valence-electron chi connectivity index (χ0n) is 23.8. The van der Waals surface area contributed by atoms with E-state index in [9.17, 15) is 18.0 Å². The number of unbranched alkanes of at least 4 members (excludes halogenated alkanes) is 15. The van der Waals surface area contributed by atoms with Gasteiger partial charge in [0, 0.05) is 23.5 Å². The molecule has 0 aromatic heterocycles. The third kappa shape index (κ3) is 18.2. The van der Waals surface area contributed by atoms with Crippen LogP contribution in [0.15, 0.2) is 35.7 Å². The van der Waals surface area contributed by atoms with Crippen molar-refractivity contribution in [2.45, 2.75) is 122 Å². The summed E-state index contributed by atoms with van der Waals surface area (Å²) in [5, 5.41) is 9.00. The molecule has 1 rings (SSSR count). The van der Waals surface area contributed by atoms with Crippen LogP contribution in [0.5, 0.6) is 5.75 Å². The molecule has 0 heterocycles. The maximum Gasteiger partial charge on any atom is 0.438 e. The summed E-state index contributed by atoms with van der Waals surface area (Å²) in [4.78, 5) is 14.1. The molecule has 0 bridgehead atoms. The van der Waals surface area contributed by atoms with Gasteiger partial charge in [-0.05, 0) is 24.1 Å². The third-order valence-electron chi connectivity index (χ3n) is 6.61. The van der Waals surface area contributed by atoms with Gasteiger partial charge in [0.15, 0.2) is 0 Å². The fourth-order valence-corrected chi connectivity index (χ4v) is 4.25. The van der Waals surface area contributed by atoms with Crippen LogP contribution >= 0.6 is 0 Å². The van der Waals surface area contributed by atoms with Crippen molar-refractivity contribution in [2.75, 3.05) is 13.2 Å². The number of allylic oxidation sites excluding steroid dienone is 1. The maximum absolute atomic E-state index is 12.5. The molecule has 1 radical (unpaired) electrons. The second kappa shape index (κ2) is 23.5. The molecule has 0 saturated carbocycles. The molecule has 0 saturated heterocycles. The smallest absolute Gasteiger partial charge is 0.438 e. The van der Waals surface area contributed by atoms with Gasteiger partial charge in [0.25, 0.3) is 0 Å². The minimum atomic E-state index is -5.18. The van der Waals surface area contributed by atoms with Gasteiger partial charge in [-0.3, -0.25) is 4.79 Å². The van der Waals surface area contributed by atoms with E-state index in [4.69, 9.17) is 21.2 Å². The minimum absolute atomic E-state index is 0. The van der Waals surface area contributed by atoms with Crippen molar-refractivity contribution in [1.82, 2.24) is 0 Å². The predicted octanol–water partition coefficient (Wildman–Crippen LogP) is 9.66. The number of benzene rings is 1. The third-order valence-corrected chi connectivity index (χ3v) is 6.61. The Hall–Kier alpha value is -2.17. The van der Waals surface area contributed by atoms with E-state index >= 15 is 0 Å². The van der Waals surface area contributed by atoms with Crippen molar-refractivity contribution in [1.29, 1.82) is 0 Å². The fraction of sp³-hybridized carbons (Fsp3) is 0.677. The number of nitrogens with zero attached hydrogens (tertiary/aromatic N) is 1. The Morgan fingerprint density at radius 3 is 1.68 bits per heavy atom. The number of carbonyl (C=O) groups is 1. The van der Waals surface area contributed by atoms with Gasteiger partial charge in [-0.2, -0.15) is 13.2 Å². The standard InChI is InChI=1S/C31H46F3NO4.Cu/c1-3-4-5-6-7-8-9-10-11-12-13-14-15-16-17-18-24-38-27-21-19-26(20-22-27)23-25-39-30(37)28(35-2)29(36)31(32,33)34;/h19-22,36H,3-18,23-25H2,1H3;/b29-28+;. The van der Waals surface area contributed by atoms with E-state index in [0.29, 0.717) is 6.61 Å². The van der Waals surface area contributed by atoms with Gasteiger partial charge in [0.1, 0.15) is 5.75 Å². The topological polar surface area (TPSA) is 60.1 Å². The first-order valence-corrected chi connectivity index (χ1v) is 14.6. The van der Waals surface area contributed by atoms with E-state index in [1.165, 1.54) is 89.9 Å². The van der Waals surface area contributed by atoms with Crippen LogP contribution in [0.3, 0.4) is 0 Å². The van der Waals surface area contributed by atoms with E-state index in [1.54, 1.807) is 24.3 Å². The van der Waals surface area contributed by atoms with Gasteiger partial charge in [0.05, 0.1) is 19.8 Å². The number of carbonyl (C=O) groups excluding carboxylic acids is 1. The van der Waals surface area contributed by atoms with Crippen LogP contribution in [0.1, 0.15) is 115 Å². The molecule has 0 amide bonds. The number of hydrogen-bond acceptors (Lipinski definition) is 4. The number of halogens is 3. The molecule has 0 spiro atoms. The van der Waals surface area contributed by atoms with Crippen molar-refractivity contribution in [3.05, 3.63) is 52.7 Å². The Bertz CT molecular complexity index is 867. The fourth-order valence-electron chi connectivity index (χ4n) is 4.25. The van der Waals surface area contributed by atoms with E-state index in [-0.39, 0.29) is 30.1 Å². The number of alkyl halides is 3. The Labute approximate surface area is 249 Å². The monoisotopic (exact) mass is 616 g/mol. The molecule has 9 heteroatoms. The van der Waals surface area contributed by atoms with Crippen molar-refractivity contribution in [2.24, 2.45) is 0 Å². The zero-order valence-corrected chi connectivity index (χ0v) is 24.7. The summed E-state index contributed by atoms with van der Waals surface area (Å²) in [6.45, 7) is 9.37. The second-order valence-electron chi connectivity index (χ2n) is 9.99. The first kappa shape index (κ1) is 37.8. The second-order valence-corrected chi connectivity index (χ2v) is 9.99. The van der Waals surface area contributed by atoms with Crippen LogP contribution in [0.25, 0.3) is 4.85 Å². The van der Waals surface area contributed by atoms with E-state index in [1.807, 2.05) is 0 Å². The van der Waals surface area contributed by atoms with E-state index in [2.05, 4.69) is 11.8 Å². The van der Waals surface area contributed by atoms with E-state index < -0.39 is 23.6 Å². The molecule has 0 aliphatic carbocycles. The minimum Gasteiger partial charge on any atom is -0.515 e. The summed E-state index contributed by atoms with van der Waals surface area (Å²) in [5.74, 6) is -3.02. The molecule has 40 heavy (non-hydrogen) atoms. The Kier molecular flexibility index (Phi) is 22.2. The molecule has 1 aromatic rings. The molecule has 1 aromatic carbocycles. The summed E-state index contributed by atoms with van der Waals surface area (Å²) in [6, 6.07) is 7.16. The Morgan fingerprint density at radius 1 is 0.800 bits per heavy atom. The maximum atomic E-state index is 12.5. The molecule has 0 atom stereocenters. The molecule has 231 valence electrons. The van der Waals surface area contributed by atoms with Gasteiger partial charge in [0.2, 0.25) is 5.76 Å². The summed E-state index contributed by atoms with van der Waals surface area (Å²) in [5.41, 5.74) is -0.675. The number of ether oxygens (including phenoxy) is 2. The first-order valence-electron chi connectivity index (χ1n) is 14.6. The molecule has 0 aliphatic heterocycles. The number of rotatable bonds is 22. The quantitative estimate of drug-likeness (QED) is 0.0352. The average Bonchev–Trinajstić information content (AvgIpc) is 2.91. The molecule has 0 unspecified atom stereocenters. The Balaban J connectivity index is 0.0000152. The van der Waals surface area contributed by atoms with Crippen LogP contribution in [0.4, 0.5) is 13.2 Å². The van der Waals surface area contributed by atoms with Gasteiger partial charge in [-0.25, -0.2) is 4.85 Å². The van der Waals surface area contributed by atoms with Crippen molar-refractivity contribution in [3.63, 3.8) is 0 Å². The molecule has 5 nitrogen and oxygen atoms in total. The van der Waals surface area contributed by atoms with E-state index in [0.717, 1.165) is 24.2 Å². The van der Waals surface area contributed by atoms with Crippen molar-refractivity contribution in [3.8, 4) is 5.75 Å². The predicted molar refractivity (Wildman–Crippen MR) is 148 cm³/mol. The SMILES string of the molecule is [C-]#[N+]/C(C(=O)OCCc1ccc(OCCCCCCCCCCCCCCCCCC)cc1)=C(/O)C(F)(F)F.[Cu]. The summed E-state index contributed by atoms with van der Waals surface area (Å²) < 4.78 is 47.9. The number of hydrogen-bond donors (Lipinski definition) is 1. The summed E-state index contributed by atoms with van der Waals surface area (Å²) in [6.07, 6.45) is 16.2. The molecule has 1 N–H and O–H groups in total. The normalized spacial score (nSPS) is 11.8. The summed E-state index contributed by atoms with van der Waals surface area (Å²) >= 11 is 0. The largest absolute Gasteiger partial charge is 0.515 e. The number of aliphatic hydroxyl groups is 1. The molecule has 0 aliphatic rings. The van der Waals surface area contributed by atoms with Crippen LogP contribution in [0.2, 0.25) is 0 Å². The molecular formula is C31H46CuF3NO4. The molecule has 0 fully saturated rings. The van der Waals surface area contributed by atoms with Crippen LogP contribution in [-0.4, -0.2) is 30.5 Å². The van der Waals surface area contributed by atoms with Crippen LogP contribution in [-0.2, 0) is 33.0 Å². The zero-order chi connectivity index (χ0) is 28.8. The average molecular weight is 617 g/mol. The van der Waals surface area contributed by atoms with Crippen molar-refractivity contribution < 1.29 is 49.6 Å². The van der Waals surface area contributed by atoms with Gasteiger partial charge in [-0.15, -0.1) is 0 Å². The Morgan fingerprint density at radius 2 is 1.25 bits per heavy atom. The van der Waals surface area contributed by atoms with Crippen LogP contribution < -0.4 is 4.74 Å². The number of esters is 1. The molecular weight excluding hydrogens is 571 g/mol. The van der Waals surface area contributed by atoms with Gasteiger partial charge >= 0.3 is 17.8 Å². The first-order chi connectivity index (χ1) is 18.8. The van der Waals surface area contributed by atoms with Crippen molar-refractivity contribution >= 4 is 5.97 Å². The van der Waals surface area contributed by atoms with Crippen LogP contribution in [0, 0.1) is 6.57 Å². The van der Waals surface area contributed by atoms with Gasteiger partial charge in [-0.1, -0.05) is 115 Å². The van der Waals surface area contributed by atoms with Gasteiger partial charge < -0.3 is 14.6 Å². The number of aliphatic hydroxyl groups excluding tert-OH is 1. The summed E-state index contributed by atoms with van der Waals surface area (Å²) in [7, 11) is 0.